The van der Waals surface area contributed by atoms with Gasteiger partial charge in [-0.15, -0.1) is 0 Å². The molecule has 0 saturated carbocycles. The Hall–Kier alpha value is -2.29. The average molecular weight is 280 g/mol. The molecular weight excluding hydrogens is 260 g/mol. The van der Waals surface area contributed by atoms with Gasteiger partial charge < -0.3 is 10.6 Å². The van der Waals surface area contributed by atoms with Gasteiger partial charge in [0.25, 0.3) is 0 Å². The van der Waals surface area contributed by atoms with Crippen LogP contribution in [0.2, 0.25) is 0 Å². The third-order valence-electron chi connectivity index (χ3n) is 3.87. The van der Waals surface area contributed by atoms with Gasteiger partial charge in [0.05, 0.1) is 17.8 Å². The molecule has 1 atom stereocenters. The second-order valence-corrected chi connectivity index (χ2v) is 5.63. The lowest BCUT2D eigenvalue weighted by atomic mass is 9.98. The van der Waals surface area contributed by atoms with E-state index in [0.29, 0.717) is 12.5 Å². The summed E-state index contributed by atoms with van der Waals surface area (Å²) >= 11 is 0. The van der Waals surface area contributed by atoms with Crippen molar-refractivity contribution in [1.29, 1.82) is 0 Å². The zero-order valence-corrected chi connectivity index (χ0v) is 12.2. The number of aryl methyl sites for hydroxylation is 1. The summed E-state index contributed by atoms with van der Waals surface area (Å²) in [5.74, 6) is 0.0228. The van der Waals surface area contributed by atoms with Gasteiger partial charge in [-0.2, -0.15) is 0 Å². The number of carbonyl (C=O) groups excluding carboxylic acids is 1. The lowest BCUT2D eigenvalue weighted by Crippen LogP contribution is -2.24. The van der Waals surface area contributed by atoms with Gasteiger partial charge in [0.2, 0.25) is 5.91 Å². The van der Waals surface area contributed by atoms with E-state index in [-0.39, 0.29) is 5.91 Å². The van der Waals surface area contributed by atoms with E-state index in [1.54, 1.807) is 0 Å². The standard InChI is InChI=1S/C18H20N2O/c1-13-10-11-15-8-5-9-16(18(15)19-13)20-17(21)12-14-6-3-2-4-7-14/h2-9,13,19H,10-12H2,1H3,(H,20,21). The predicted molar refractivity (Wildman–Crippen MR) is 86.6 cm³/mol. The van der Waals surface area contributed by atoms with Gasteiger partial charge in [0.1, 0.15) is 0 Å². The normalized spacial score (nSPS) is 16.7. The Kier molecular flexibility index (Phi) is 3.91. The first-order valence-corrected chi connectivity index (χ1v) is 7.44. The molecule has 2 aromatic carbocycles. The van der Waals surface area contributed by atoms with Crippen LogP contribution in [0.4, 0.5) is 11.4 Å². The van der Waals surface area contributed by atoms with Crippen LogP contribution >= 0.6 is 0 Å². The van der Waals surface area contributed by atoms with Crippen LogP contribution in [-0.2, 0) is 17.6 Å². The number of para-hydroxylation sites is 1. The Labute approximate surface area is 125 Å². The lowest BCUT2D eigenvalue weighted by molar-refractivity contribution is -0.115. The molecule has 0 spiro atoms. The number of fused-ring (bicyclic) bond motifs is 1. The number of hydrogen-bond donors (Lipinski definition) is 2. The number of benzene rings is 2. The largest absolute Gasteiger partial charge is 0.381 e. The molecule has 0 saturated heterocycles. The van der Waals surface area contributed by atoms with Crippen molar-refractivity contribution in [3.8, 4) is 0 Å². The van der Waals surface area contributed by atoms with Gasteiger partial charge >= 0.3 is 0 Å². The monoisotopic (exact) mass is 280 g/mol. The Morgan fingerprint density at radius 2 is 2.00 bits per heavy atom. The Balaban J connectivity index is 1.75. The zero-order valence-electron chi connectivity index (χ0n) is 12.2. The van der Waals surface area contributed by atoms with Gasteiger partial charge in [0, 0.05) is 6.04 Å². The highest BCUT2D eigenvalue weighted by atomic mass is 16.1. The summed E-state index contributed by atoms with van der Waals surface area (Å²) in [6.45, 7) is 2.17. The molecule has 1 heterocycles. The van der Waals surface area contributed by atoms with Crippen LogP contribution in [0.1, 0.15) is 24.5 Å². The maximum Gasteiger partial charge on any atom is 0.228 e. The van der Waals surface area contributed by atoms with Crippen molar-refractivity contribution < 1.29 is 4.79 Å². The molecule has 1 aliphatic rings. The van der Waals surface area contributed by atoms with Crippen molar-refractivity contribution in [2.45, 2.75) is 32.2 Å². The van der Waals surface area contributed by atoms with Crippen LogP contribution in [0.3, 0.4) is 0 Å². The van der Waals surface area contributed by atoms with Crippen molar-refractivity contribution in [2.24, 2.45) is 0 Å². The van der Waals surface area contributed by atoms with Crippen molar-refractivity contribution in [1.82, 2.24) is 0 Å². The van der Waals surface area contributed by atoms with Crippen LogP contribution in [-0.4, -0.2) is 11.9 Å². The summed E-state index contributed by atoms with van der Waals surface area (Å²) in [4.78, 5) is 12.2. The van der Waals surface area contributed by atoms with Crippen LogP contribution < -0.4 is 10.6 Å². The smallest absolute Gasteiger partial charge is 0.228 e. The fourth-order valence-corrected chi connectivity index (χ4v) is 2.75. The second-order valence-electron chi connectivity index (χ2n) is 5.63. The highest BCUT2D eigenvalue weighted by Gasteiger charge is 2.17. The first-order chi connectivity index (χ1) is 10.2. The molecule has 108 valence electrons. The summed E-state index contributed by atoms with van der Waals surface area (Å²) in [7, 11) is 0. The van der Waals surface area contributed by atoms with Crippen molar-refractivity contribution in [3.63, 3.8) is 0 Å². The minimum Gasteiger partial charge on any atom is -0.381 e. The molecule has 1 amide bonds. The van der Waals surface area contributed by atoms with E-state index in [1.165, 1.54) is 5.56 Å². The number of nitrogens with one attached hydrogen (secondary N) is 2. The SMILES string of the molecule is CC1CCc2cccc(NC(=O)Cc3ccccc3)c2N1. The third-order valence-corrected chi connectivity index (χ3v) is 3.87. The van der Waals surface area contributed by atoms with Crippen LogP contribution in [0, 0.1) is 0 Å². The molecule has 0 bridgehead atoms. The van der Waals surface area contributed by atoms with Gasteiger partial charge in [-0.05, 0) is 37.0 Å². The van der Waals surface area contributed by atoms with E-state index in [9.17, 15) is 4.79 Å². The molecule has 2 N–H and O–H groups in total. The van der Waals surface area contributed by atoms with Crippen molar-refractivity contribution >= 4 is 17.3 Å². The second kappa shape index (κ2) is 6.00. The van der Waals surface area contributed by atoms with E-state index >= 15 is 0 Å². The first kappa shape index (κ1) is 13.7. The van der Waals surface area contributed by atoms with E-state index in [4.69, 9.17) is 0 Å². The number of anilines is 2. The first-order valence-electron chi connectivity index (χ1n) is 7.44. The van der Waals surface area contributed by atoms with Gasteiger partial charge in [-0.3, -0.25) is 4.79 Å². The molecule has 1 unspecified atom stereocenters. The maximum atomic E-state index is 12.2. The van der Waals surface area contributed by atoms with Crippen LogP contribution in [0.15, 0.2) is 48.5 Å². The van der Waals surface area contributed by atoms with Crippen molar-refractivity contribution in [2.75, 3.05) is 10.6 Å². The average Bonchev–Trinajstić information content (AvgIpc) is 2.49. The molecular formula is C18H20N2O. The molecule has 2 aromatic rings. The minimum atomic E-state index is 0.0228. The van der Waals surface area contributed by atoms with Gasteiger partial charge in [0.15, 0.2) is 0 Å². The molecule has 0 aromatic heterocycles. The zero-order chi connectivity index (χ0) is 14.7. The summed E-state index contributed by atoms with van der Waals surface area (Å²) in [6, 6.07) is 16.4. The number of amides is 1. The molecule has 21 heavy (non-hydrogen) atoms. The predicted octanol–water partition coefficient (Wildman–Crippen LogP) is 3.61. The van der Waals surface area contributed by atoms with E-state index < -0.39 is 0 Å². The van der Waals surface area contributed by atoms with E-state index in [1.807, 2.05) is 42.5 Å². The van der Waals surface area contributed by atoms with Crippen LogP contribution in [0.25, 0.3) is 0 Å². The highest BCUT2D eigenvalue weighted by Crippen LogP contribution is 2.32. The molecule has 0 aliphatic carbocycles. The maximum absolute atomic E-state index is 12.2. The minimum absolute atomic E-state index is 0.0228. The summed E-state index contributed by atoms with van der Waals surface area (Å²) in [5, 5.41) is 6.52. The summed E-state index contributed by atoms with van der Waals surface area (Å²) < 4.78 is 0. The Morgan fingerprint density at radius 3 is 2.81 bits per heavy atom. The summed E-state index contributed by atoms with van der Waals surface area (Å²) in [5.41, 5.74) is 4.28. The van der Waals surface area contributed by atoms with E-state index in [2.05, 4.69) is 23.6 Å². The van der Waals surface area contributed by atoms with Crippen molar-refractivity contribution in [3.05, 3.63) is 59.7 Å². The van der Waals surface area contributed by atoms with Crippen LogP contribution in [0.5, 0.6) is 0 Å². The molecule has 3 heteroatoms. The highest BCUT2D eigenvalue weighted by molar-refractivity contribution is 5.96. The van der Waals surface area contributed by atoms with Gasteiger partial charge in [-0.25, -0.2) is 0 Å². The topological polar surface area (TPSA) is 41.1 Å². The quantitative estimate of drug-likeness (QED) is 0.901. The fourth-order valence-electron chi connectivity index (χ4n) is 2.75. The molecule has 3 rings (SSSR count). The van der Waals surface area contributed by atoms with E-state index in [0.717, 1.165) is 29.8 Å². The molecule has 0 fully saturated rings. The fraction of sp³-hybridized carbons (Fsp3) is 0.278. The number of rotatable bonds is 3. The number of hydrogen-bond acceptors (Lipinski definition) is 2. The van der Waals surface area contributed by atoms with Gasteiger partial charge in [-0.1, -0.05) is 42.5 Å². The molecule has 1 aliphatic heterocycles. The lowest BCUT2D eigenvalue weighted by Gasteiger charge is -2.26. The Morgan fingerprint density at radius 1 is 1.19 bits per heavy atom. The number of carbonyl (C=O) groups is 1. The summed E-state index contributed by atoms with van der Waals surface area (Å²) in [6.07, 6.45) is 2.60. The molecule has 0 radical (unpaired) electrons. The molecule has 3 nitrogen and oxygen atoms in total. The Bertz CT molecular complexity index is 637. The third kappa shape index (κ3) is 3.24.